The maximum atomic E-state index is 12.6. The van der Waals surface area contributed by atoms with Gasteiger partial charge in [-0.15, -0.1) is 0 Å². The first-order valence-electron chi connectivity index (χ1n) is 4.51. The molecule has 3 nitrogen and oxygen atoms in total. The van der Waals surface area contributed by atoms with E-state index in [0.29, 0.717) is 5.57 Å². The molecule has 0 radical (unpaired) electrons. The van der Waals surface area contributed by atoms with E-state index in [1.165, 1.54) is 6.92 Å². The van der Waals surface area contributed by atoms with E-state index in [1.54, 1.807) is 20.8 Å². The van der Waals surface area contributed by atoms with Gasteiger partial charge in [0.05, 0.1) is 0 Å². The van der Waals surface area contributed by atoms with E-state index in [9.17, 15) is 9.18 Å². The molecule has 0 saturated carbocycles. The first-order chi connectivity index (χ1) is 6.22. The van der Waals surface area contributed by atoms with E-state index in [4.69, 9.17) is 4.74 Å². The van der Waals surface area contributed by atoms with Gasteiger partial charge in [0, 0.05) is 6.54 Å². The second-order valence-corrected chi connectivity index (χ2v) is 4.13. The Morgan fingerprint density at radius 3 is 2.43 bits per heavy atom. The zero-order valence-electron chi connectivity index (χ0n) is 9.19. The summed E-state index contributed by atoms with van der Waals surface area (Å²) in [7, 11) is 0. The molecule has 1 atom stereocenters. The molecule has 1 unspecified atom stereocenters. The molecule has 1 N–H and O–H groups in total. The summed E-state index contributed by atoms with van der Waals surface area (Å²) in [5, 5.41) is 2.42. The van der Waals surface area contributed by atoms with Gasteiger partial charge in [0.1, 0.15) is 11.8 Å². The highest BCUT2D eigenvalue weighted by Crippen LogP contribution is 2.07. The molecule has 14 heavy (non-hydrogen) atoms. The fraction of sp³-hybridized carbons (Fsp3) is 0.700. The van der Waals surface area contributed by atoms with Crippen molar-refractivity contribution in [1.82, 2.24) is 5.32 Å². The summed E-state index contributed by atoms with van der Waals surface area (Å²) in [4.78, 5) is 11.1. The second kappa shape index (κ2) is 4.98. The van der Waals surface area contributed by atoms with Crippen LogP contribution in [0.1, 0.15) is 27.7 Å². The fourth-order valence-electron chi connectivity index (χ4n) is 0.641. The number of rotatable bonds is 3. The van der Waals surface area contributed by atoms with Gasteiger partial charge in [-0.2, -0.15) is 0 Å². The van der Waals surface area contributed by atoms with Gasteiger partial charge in [0.15, 0.2) is 0 Å². The normalized spacial score (nSPS) is 13.2. The third-order valence-electron chi connectivity index (χ3n) is 1.42. The standard InChI is InChI=1S/C10H18FNO2/c1-7(8(2)11)6-12-9(13)14-10(3,4)5/h8H,1,6H2,2-5H3,(H,12,13). The molecule has 0 aromatic rings. The Morgan fingerprint density at radius 2 is 2.07 bits per heavy atom. The van der Waals surface area contributed by atoms with Crippen molar-refractivity contribution in [1.29, 1.82) is 0 Å². The van der Waals surface area contributed by atoms with Crippen LogP contribution in [0.15, 0.2) is 12.2 Å². The predicted molar refractivity (Wildman–Crippen MR) is 53.9 cm³/mol. The summed E-state index contributed by atoms with van der Waals surface area (Å²) < 4.78 is 17.5. The Bertz CT molecular complexity index is 219. The lowest BCUT2D eigenvalue weighted by Gasteiger charge is -2.20. The molecule has 0 aliphatic carbocycles. The molecule has 1 amide bonds. The van der Waals surface area contributed by atoms with Gasteiger partial charge in [0.2, 0.25) is 0 Å². The molecule has 0 aromatic carbocycles. The third-order valence-corrected chi connectivity index (χ3v) is 1.42. The maximum Gasteiger partial charge on any atom is 0.407 e. The van der Waals surface area contributed by atoms with Crippen LogP contribution in [-0.4, -0.2) is 24.4 Å². The predicted octanol–water partition coefficient (Wildman–Crippen LogP) is 2.43. The number of hydrogen-bond donors (Lipinski definition) is 1. The molecule has 4 heteroatoms. The van der Waals surface area contributed by atoms with Crippen molar-refractivity contribution < 1.29 is 13.9 Å². The van der Waals surface area contributed by atoms with Crippen molar-refractivity contribution in [3.05, 3.63) is 12.2 Å². The molecular formula is C10H18FNO2. The van der Waals surface area contributed by atoms with E-state index >= 15 is 0 Å². The topological polar surface area (TPSA) is 38.3 Å². The SMILES string of the molecule is C=C(CNC(=O)OC(C)(C)C)C(C)F. The van der Waals surface area contributed by atoms with E-state index in [-0.39, 0.29) is 6.54 Å². The van der Waals surface area contributed by atoms with Crippen molar-refractivity contribution in [3.63, 3.8) is 0 Å². The monoisotopic (exact) mass is 203 g/mol. The Morgan fingerprint density at radius 1 is 1.57 bits per heavy atom. The smallest absolute Gasteiger partial charge is 0.407 e. The first-order valence-corrected chi connectivity index (χ1v) is 4.51. The van der Waals surface area contributed by atoms with Crippen LogP contribution in [-0.2, 0) is 4.74 Å². The minimum atomic E-state index is -1.12. The third kappa shape index (κ3) is 6.46. The van der Waals surface area contributed by atoms with E-state index < -0.39 is 17.9 Å². The highest BCUT2D eigenvalue weighted by molar-refractivity contribution is 5.68. The van der Waals surface area contributed by atoms with Crippen LogP contribution >= 0.6 is 0 Å². The summed E-state index contributed by atoms with van der Waals surface area (Å²) in [6, 6.07) is 0. The van der Waals surface area contributed by atoms with Crippen LogP contribution in [0.4, 0.5) is 9.18 Å². The van der Waals surface area contributed by atoms with Crippen molar-refractivity contribution in [2.24, 2.45) is 0 Å². The zero-order chi connectivity index (χ0) is 11.4. The lowest BCUT2D eigenvalue weighted by molar-refractivity contribution is 0.0531. The van der Waals surface area contributed by atoms with Gasteiger partial charge in [0.25, 0.3) is 0 Å². The quantitative estimate of drug-likeness (QED) is 0.715. The first kappa shape index (κ1) is 12.9. The van der Waals surface area contributed by atoms with Crippen LogP contribution in [0.25, 0.3) is 0 Å². The number of nitrogens with one attached hydrogen (secondary N) is 1. The Balaban J connectivity index is 3.81. The van der Waals surface area contributed by atoms with E-state index in [0.717, 1.165) is 0 Å². The number of halogens is 1. The van der Waals surface area contributed by atoms with Gasteiger partial charge in [-0.3, -0.25) is 0 Å². The molecule has 0 aliphatic rings. The largest absolute Gasteiger partial charge is 0.444 e. The summed E-state index contributed by atoms with van der Waals surface area (Å²) in [5.74, 6) is 0. The molecule has 0 bridgehead atoms. The van der Waals surface area contributed by atoms with E-state index in [2.05, 4.69) is 11.9 Å². The number of carbonyl (C=O) groups excluding carboxylic acids is 1. The van der Waals surface area contributed by atoms with Crippen LogP contribution in [0.3, 0.4) is 0 Å². The number of carbonyl (C=O) groups is 1. The van der Waals surface area contributed by atoms with Crippen molar-refractivity contribution in [2.45, 2.75) is 39.5 Å². The molecule has 0 spiro atoms. The van der Waals surface area contributed by atoms with Crippen molar-refractivity contribution in [2.75, 3.05) is 6.54 Å². The summed E-state index contributed by atoms with van der Waals surface area (Å²) in [5.41, 5.74) is -0.205. The molecule has 0 rings (SSSR count). The zero-order valence-corrected chi connectivity index (χ0v) is 9.19. The molecule has 0 saturated heterocycles. The van der Waals surface area contributed by atoms with Crippen LogP contribution in [0, 0.1) is 0 Å². The lowest BCUT2D eigenvalue weighted by Crippen LogP contribution is -2.34. The summed E-state index contributed by atoms with van der Waals surface area (Å²) in [6.07, 6.45) is -1.68. The van der Waals surface area contributed by atoms with Crippen LogP contribution < -0.4 is 5.32 Å². The molecule has 82 valence electrons. The average Bonchev–Trinajstić information content (AvgIpc) is 1.96. The molecule has 0 aromatic heterocycles. The fourth-order valence-corrected chi connectivity index (χ4v) is 0.641. The Hall–Kier alpha value is -1.06. The van der Waals surface area contributed by atoms with Crippen LogP contribution in [0.2, 0.25) is 0 Å². The summed E-state index contributed by atoms with van der Waals surface area (Å²) in [6.45, 7) is 10.2. The highest BCUT2D eigenvalue weighted by Gasteiger charge is 2.16. The van der Waals surface area contributed by atoms with Gasteiger partial charge in [-0.25, -0.2) is 9.18 Å². The minimum Gasteiger partial charge on any atom is -0.444 e. The van der Waals surface area contributed by atoms with Crippen molar-refractivity contribution >= 4 is 6.09 Å². The van der Waals surface area contributed by atoms with Gasteiger partial charge in [-0.1, -0.05) is 6.58 Å². The number of amides is 1. The van der Waals surface area contributed by atoms with Gasteiger partial charge >= 0.3 is 6.09 Å². The highest BCUT2D eigenvalue weighted by atomic mass is 19.1. The number of hydrogen-bond acceptors (Lipinski definition) is 2. The van der Waals surface area contributed by atoms with Crippen LogP contribution in [0.5, 0.6) is 0 Å². The van der Waals surface area contributed by atoms with Gasteiger partial charge in [-0.05, 0) is 33.3 Å². The lowest BCUT2D eigenvalue weighted by atomic mass is 10.2. The maximum absolute atomic E-state index is 12.6. The Labute approximate surface area is 84.3 Å². The molecule has 0 heterocycles. The average molecular weight is 203 g/mol. The minimum absolute atomic E-state index is 0.104. The summed E-state index contributed by atoms with van der Waals surface area (Å²) >= 11 is 0. The van der Waals surface area contributed by atoms with Gasteiger partial charge < -0.3 is 10.1 Å². The number of alkyl halides is 1. The Kier molecular flexibility index (Phi) is 4.60. The van der Waals surface area contributed by atoms with E-state index in [1.807, 2.05) is 0 Å². The number of alkyl carbamates (subject to hydrolysis) is 1. The molecular weight excluding hydrogens is 185 g/mol. The second-order valence-electron chi connectivity index (χ2n) is 4.13. The van der Waals surface area contributed by atoms with Crippen molar-refractivity contribution in [3.8, 4) is 0 Å². The molecule has 0 aliphatic heterocycles. The molecule has 0 fully saturated rings. The number of ether oxygens (including phenoxy) is 1.